The van der Waals surface area contributed by atoms with E-state index in [1.165, 1.54) is 0 Å². The number of ether oxygens (including phenoxy) is 1. The number of aromatic nitrogens is 2. The van der Waals surface area contributed by atoms with Gasteiger partial charge < -0.3 is 19.0 Å². The maximum Gasteiger partial charge on any atom is 0.203 e. The Morgan fingerprint density at radius 3 is 2.27 bits per heavy atom. The Morgan fingerprint density at radius 2 is 1.65 bits per heavy atom. The summed E-state index contributed by atoms with van der Waals surface area (Å²) in [6.07, 6.45) is 1.44. The number of rotatable bonds is 8. The molecule has 0 saturated carbocycles. The van der Waals surface area contributed by atoms with Crippen molar-refractivity contribution < 1.29 is 9.84 Å². The van der Waals surface area contributed by atoms with Crippen LogP contribution in [0.3, 0.4) is 0 Å². The Morgan fingerprint density at radius 1 is 1.00 bits per heavy atom. The molecule has 0 unspecified atom stereocenters. The summed E-state index contributed by atoms with van der Waals surface area (Å²) in [6, 6.07) is 15.6. The topological polar surface area (TPSA) is 63.2 Å². The van der Waals surface area contributed by atoms with Gasteiger partial charge in [0, 0.05) is 6.54 Å². The van der Waals surface area contributed by atoms with Crippen LogP contribution in [0.2, 0.25) is 0 Å². The minimum atomic E-state index is -0.676. The number of aliphatic hydroxyl groups excluding tert-OH is 1. The summed E-state index contributed by atoms with van der Waals surface area (Å²) >= 11 is 0. The van der Waals surface area contributed by atoms with E-state index in [1.807, 2.05) is 64.6 Å². The Labute approximate surface area is 154 Å². The van der Waals surface area contributed by atoms with Crippen LogP contribution in [0.4, 0.5) is 0 Å². The Bertz CT molecular complexity index is 909. The molecule has 5 nitrogen and oxygen atoms in total. The number of nitrogens with zero attached hydrogens (tertiary/aromatic N) is 2. The van der Waals surface area contributed by atoms with Crippen molar-refractivity contribution in [3.05, 3.63) is 59.7 Å². The van der Waals surface area contributed by atoms with Gasteiger partial charge in [-0.1, -0.05) is 37.6 Å². The lowest BCUT2D eigenvalue weighted by atomic mass is 10.1. The van der Waals surface area contributed by atoms with Crippen LogP contribution < -0.4 is 10.4 Å². The van der Waals surface area contributed by atoms with Crippen LogP contribution in [0, 0.1) is 5.41 Å². The van der Waals surface area contributed by atoms with Crippen LogP contribution in [0.1, 0.15) is 38.4 Å². The van der Waals surface area contributed by atoms with Crippen molar-refractivity contribution in [2.24, 2.45) is 0 Å². The molecule has 0 aliphatic carbocycles. The third-order valence-electron chi connectivity index (χ3n) is 4.64. The highest BCUT2D eigenvalue weighted by atomic mass is 16.5. The molecule has 0 fully saturated rings. The number of imidazole rings is 1. The van der Waals surface area contributed by atoms with Gasteiger partial charge in [-0.05, 0) is 43.2 Å². The van der Waals surface area contributed by atoms with E-state index >= 15 is 0 Å². The second-order valence-electron chi connectivity index (χ2n) is 6.45. The molecule has 0 spiro atoms. The first-order valence-electron chi connectivity index (χ1n) is 9.29. The summed E-state index contributed by atoms with van der Waals surface area (Å²) in [7, 11) is 0. The number of aliphatic hydroxyl groups is 1. The molecular formula is C21H27N3O2. The van der Waals surface area contributed by atoms with Crippen molar-refractivity contribution in [2.75, 3.05) is 6.61 Å². The Balaban J connectivity index is 1.90. The number of hydrogen-bond acceptors (Lipinski definition) is 3. The van der Waals surface area contributed by atoms with E-state index in [2.05, 4.69) is 6.92 Å². The van der Waals surface area contributed by atoms with Crippen LogP contribution in [-0.4, -0.2) is 20.8 Å². The highest BCUT2D eigenvalue weighted by Gasteiger charge is 2.15. The SMILES string of the molecule is CCCCn1c(=N)n(C[C@@H](O)c2ccc(OCC)cc2)c2ccccc21. The van der Waals surface area contributed by atoms with Gasteiger partial charge in [0.05, 0.1) is 30.3 Å². The molecule has 0 saturated heterocycles. The average molecular weight is 353 g/mol. The molecule has 2 aromatic carbocycles. The monoisotopic (exact) mass is 353 g/mol. The second-order valence-corrected chi connectivity index (χ2v) is 6.45. The molecule has 3 rings (SSSR count). The molecule has 1 atom stereocenters. The predicted molar refractivity (Wildman–Crippen MR) is 103 cm³/mol. The molecular weight excluding hydrogens is 326 g/mol. The fourth-order valence-electron chi connectivity index (χ4n) is 3.25. The van der Waals surface area contributed by atoms with Crippen LogP contribution in [0.25, 0.3) is 11.0 Å². The van der Waals surface area contributed by atoms with E-state index in [4.69, 9.17) is 10.1 Å². The van der Waals surface area contributed by atoms with Gasteiger partial charge in [0.2, 0.25) is 5.62 Å². The first kappa shape index (κ1) is 18.3. The van der Waals surface area contributed by atoms with Gasteiger partial charge >= 0.3 is 0 Å². The molecule has 2 N–H and O–H groups in total. The number of para-hydroxylation sites is 2. The number of unbranched alkanes of at least 4 members (excludes halogenated alkanes) is 1. The zero-order chi connectivity index (χ0) is 18.5. The fraction of sp³-hybridized carbons (Fsp3) is 0.381. The van der Waals surface area contributed by atoms with E-state index in [9.17, 15) is 5.11 Å². The molecule has 138 valence electrons. The first-order valence-corrected chi connectivity index (χ1v) is 9.29. The Kier molecular flexibility index (Phi) is 5.78. The maximum absolute atomic E-state index is 10.7. The van der Waals surface area contributed by atoms with Crippen LogP contribution in [0.5, 0.6) is 5.75 Å². The molecule has 26 heavy (non-hydrogen) atoms. The summed E-state index contributed by atoms with van der Waals surface area (Å²) in [5.41, 5.74) is 3.29. The molecule has 0 radical (unpaired) electrons. The van der Waals surface area contributed by atoms with Crippen molar-refractivity contribution in [3.8, 4) is 5.75 Å². The van der Waals surface area contributed by atoms with E-state index < -0.39 is 6.10 Å². The largest absolute Gasteiger partial charge is 0.494 e. The smallest absolute Gasteiger partial charge is 0.203 e. The van der Waals surface area contributed by atoms with Crippen molar-refractivity contribution in [1.82, 2.24) is 9.13 Å². The average Bonchev–Trinajstić information content (AvgIpc) is 2.92. The van der Waals surface area contributed by atoms with Crippen molar-refractivity contribution >= 4 is 11.0 Å². The molecule has 0 amide bonds. The maximum atomic E-state index is 10.7. The van der Waals surface area contributed by atoms with Gasteiger partial charge in [-0.15, -0.1) is 0 Å². The zero-order valence-corrected chi connectivity index (χ0v) is 15.5. The predicted octanol–water partition coefficient (Wildman–Crippen LogP) is 3.85. The molecule has 5 heteroatoms. The summed E-state index contributed by atoms with van der Waals surface area (Å²) in [5, 5.41) is 19.3. The summed E-state index contributed by atoms with van der Waals surface area (Å²) < 4.78 is 9.38. The second kappa shape index (κ2) is 8.23. The third-order valence-corrected chi connectivity index (χ3v) is 4.64. The van der Waals surface area contributed by atoms with E-state index in [0.717, 1.165) is 41.7 Å². The van der Waals surface area contributed by atoms with Crippen molar-refractivity contribution in [3.63, 3.8) is 0 Å². The lowest BCUT2D eigenvalue weighted by molar-refractivity contribution is 0.155. The van der Waals surface area contributed by atoms with E-state index in [1.54, 1.807) is 0 Å². The van der Waals surface area contributed by atoms with Gasteiger partial charge in [0.1, 0.15) is 5.75 Å². The molecule has 1 aromatic heterocycles. The van der Waals surface area contributed by atoms with Crippen LogP contribution in [0.15, 0.2) is 48.5 Å². The highest BCUT2D eigenvalue weighted by Crippen LogP contribution is 2.21. The molecule has 0 aliphatic heterocycles. The molecule has 3 aromatic rings. The quantitative estimate of drug-likeness (QED) is 0.646. The van der Waals surface area contributed by atoms with Gasteiger partial charge in [-0.2, -0.15) is 0 Å². The molecule has 0 aliphatic rings. The van der Waals surface area contributed by atoms with Gasteiger partial charge in [0.25, 0.3) is 0 Å². The summed E-state index contributed by atoms with van der Waals surface area (Å²) in [5.74, 6) is 0.799. The van der Waals surface area contributed by atoms with Gasteiger partial charge in [-0.25, -0.2) is 0 Å². The van der Waals surface area contributed by atoms with Crippen molar-refractivity contribution in [1.29, 1.82) is 5.41 Å². The van der Waals surface area contributed by atoms with Gasteiger partial charge in [-0.3, -0.25) is 5.41 Å². The number of fused-ring (bicyclic) bond motifs is 1. The number of benzene rings is 2. The summed E-state index contributed by atoms with van der Waals surface area (Å²) in [6.45, 7) is 5.90. The first-order chi connectivity index (χ1) is 12.7. The zero-order valence-electron chi connectivity index (χ0n) is 15.5. The lowest BCUT2D eigenvalue weighted by Gasteiger charge is -2.13. The standard InChI is InChI=1S/C21H27N3O2/c1-3-5-14-23-18-8-6-7-9-19(18)24(21(23)22)15-20(25)16-10-12-17(13-11-16)26-4-2/h6-13,20,22,25H,3-5,14-15H2,1-2H3/t20-/m1/s1. The number of nitrogens with one attached hydrogen (secondary N) is 1. The van der Waals surface area contributed by atoms with E-state index in [-0.39, 0.29) is 0 Å². The number of hydrogen-bond donors (Lipinski definition) is 2. The molecule has 1 heterocycles. The van der Waals surface area contributed by atoms with Gasteiger partial charge in [0.15, 0.2) is 0 Å². The lowest BCUT2D eigenvalue weighted by Crippen LogP contribution is -2.26. The minimum absolute atomic E-state index is 0.354. The van der Waals surface area contributed by atoms with Crippen LogP contribution >= 0.6 is 0 Å². The normalized spacial score (nSPS) is 12.4. The van der Waals surface area contributed by atoms with Crippen LogP contribution in [-0.2, 0) is 13.1 Å². The molecule has 0 bridgehead atoms. The minimum Gasteiger partial charge on any atom is -0.494 e. The Hall–Kier alpha value is -2.53. The van der Waals surface area contributed by atoms with E-state index in [0.29, 0.717) is 18.8 Å². The highest BCUT2D eigenvalue weighted by molar-refractivity contribution is 5.75. The fourth-order valence-corrected chi connectivity index (χ4v) is 3.25. The number of aryl methyl sites for hydroxylation is 1. The third kappa shape index (κ3) is 3.68. The summed E-state index contributed by atoms with van der Waals surface area (Å²) in [4.78, 5) is 0. The van der Waals surface area contributed by atoms with Crippen molar-refractivity contribution in [2.45, 2.75) is 45.9 Å².